The van der Waals surface area contributed by atoms with E-state index in [0.29, 0.717) is 11.6 Å². The topological polar surface area (TPSA) is 59.3 Å². The molecule has 0 fully saturated rings. The van der Waals surface area contributed by atoms with Gasteiger partial charge in [-0.1, -0.05) is 49.3 Å². The van der Waals surface area contributed by atoms with Crippen molar-refractivity contribution in [2.75, 3.05) is 11.1 Å². The highest BCUT2D eigenvalue weighted by Crippen LogP contribution is 2.33. The Balaban J connectivity index is 1.68. The van der Waals surface area contributed by atoms with Gasteiger partial charge in [0.15, 0.2) is 10.8 Å². The predicted molar refractivity (Wildman–Crippen MR) is 108 cm³/mol. The zero-order valence-corrected chi connectivity index (χ0v) is 17.2. The molecule has 5 nitrogen and oxygen atoms in total. The van der Waals surface area contributed by atoms with Crippen LogP contribution >= 0.6 is 23.4 Å². The summed E-state index contributed by atoms with van der Waals surface area (Å²) in [6.45, 7) is 4.24. The second-order valence-electron chi connectivity index (χ2n) is 6.52. The van der Waals surface area contributed by atoms with Crippen LogP contribution in [-0.2, 0) is 11.0 Å². The number of alkyl halides is 3. The Morgan fingerprint density at radius 2 is 1.97 bits per heavy atom. The van der Waals surface area contributed by atoms with Crippen molar-refractivity contribution in [2.24, 2.45) is 0 Å². The summed E-state index contributed by atoms with van der Waals surface area (Å²) in [5, 5.41) is 10.4. The van der Waals surface area contributed by atoms with E-state index >= 15 is 0 Å². The standard InChI is InChI=1S/C19H18ClF3N4OS/c1-3-11(2)12-4-6-14(7-5-12)24-16(28)10-29-18-26-25-17-15(20)8-13(9-27(17)18)19(21,22)23/h4-9,11H,3,10H2,1-2H3,(H,24,28). The predicted octanol–water partition coefficient (Wildman–Crippen LogP) is 5.65. The lowest BCUT2D eigenvalue weighted by Crippen LogP contribution is -2.14. The SMILES string of the molecule is CCC(C)c1ccc(NC(=O)CSc2nnc3c(Cl)cc(C(F)(F)F)cn23)cc1. The highest BCUT2D eigenvalue weighted by atomic mass is 35.5. The maximum absolute atomic E-state index is 13.0. The number of hydrogen-bond acceptors (Lipinski definition) is 4. The number of carbonyl (C=O) groups excluding carboxylic acids is 1. The molecule has 1 N–H and O–H groups in total. The van der Waals surface area contributed by atoms with Crippen LogP contribution in [0.3, 0.4) is 0 Å². The lowest BCUT2D eigenvalue weighted by molar-refractivity contribution is -0.137. The van der Waals surface area contributed by atoms with Crippen molar-refractivity contribution in [2.45, 2.75) is 37.5 Å². The quantitative estimate of drug-likeness (QED) is 0.501. The third kappa shape index (κ3) is 5.02. The Morgan fingerprint density at radius 1 is 1.28 bits per heavy atom. The summed E-state index contributed by atoms with van der Waals surface area (Å²) < 4.78 is 40.2. The Hall–Kier alpha value is -2.26. The third-order valence-electron chi connectivity index (χ3n) is 4.46. The molecule has 1 aromatic carbocycles. The first-order valence-electron chi connectivity index (χ1n) is 8.83. The molecule has 2 aromatic heterocycles. The van der Waals surface area contributed by atoms with Crippen LogP contribution < -0.4 is 5.32 Å². The van der Waals surface area contributed by atoms with E-state index in [-0.39, 0.29) is 27.5 Å². The molecule has 10 heteroatoms. The zero-order chi connectivity index (χ0) is 21.2. The Bertz CT molecular complexity index is 1020. The molecule has 0 aliphatic heterocycles. The van der Waals surface area contributed by atoms with Crippen molar-refractivity contribution in [1.29, 1.82) is 0 Å². The van der Waals surface area contributed by atoms with Gasteiger partial charge in [0, 0.05) is 11.9 Å². The molecule has 0 spiro atoms. The van der Waals surface area contributed by atoms with Gasteiger partial charge in [0.05, 0.1) is 16.3 Å². The number of rotatable bonds is 6. The molecule has 0 saturated heterocycles. The number of carbonyl (C=O) groups is 1. The number of anilines is 1. The average Bonchev–Trinajstić information content (AvgIpc) is 3.09. The number of fused-ring (bicyclic) bond motifs is 1. The number of amides is 1. The molecule has 2 heterocycles. The first kappa shape index (κ1) is 21.4. The van der Waals surface area contributed by atoms with Gasteiger partial charge in [0.1, 0.15) is 0 Å². The normalized spacial score (nSPS) is 12.9. The number of hydrogen-bond donors (Lipinski definition) is 1. The summed E-state index contributed by atoms with van der Waals surface area (Å²) in [5.74, 6) is 0.0907. The van der Waals surface area contributed by atoms with Crippen LogP contribution in [0.15, 0.2) is 41.7 Å². The van der Waals surface area contributed by atoms with Gasteiger partial charge in [-0.25, -0.2) is 0 Å². The minimum absolute atomic E-state index is 0.0399. The van der Waals surface area contributed by atoms with Crippen LogP contribution in [-0.4, -0.2) is 26.3 Å². The van der Waals surface area contributed by atoms with Crippen LogP contribution in [0.2, 0.25) is 5.02 Å². The number of halogens is 4. The largest absolute Gasteiger partial charge is 0.417 e. The fourth-order valence-corrected chi connectivity index (χ4v) is 3.60. The molecular formula is C19H18ClF3N4OS. The van der Waals surface area contributed by atoms with Gasteiger partial charge in [0.25, 0.3) is 0 Å². The number of thioether (sulfide) groups is 1. The summed E-state index contributed by atoms with van der Waals surface area (Å²) >= 11 is 6.86. The van der Waals surface area contributed by atoms with E-state index < -0.39 is 11.7 Å². The third-order valence-corrected chi connectivity index (χ3v) is 5.69. The highest BCUT2D eigenvalue weighted by Gasteiger charge is 2.32. The molecule has 0 aliphatic carbocycles. The average molecular weight is 443 g/mol. The number of benzene rings is 1. The molecule has 154 valence electrons. The Labute approximate surface area is 174 Å². The monoisotopic (exact) mass is 442 g/mol. The molecule has 1 atom stereocenters. The molecule has 29 heavy (non-hydrogen) atoms. The second-order valence-corrected chi connectivity index (χ2v) is 7.87. The maximum Gasteiger partial charge on any atom is 0.417 e. The fourth-order valence-electron chi connectivity index (χ4n) is 2.65. The number of nitrogens with zero attached hydrogens (tertiary/aromatic N) is 3. The molecule has 3 rings (SSSR count). The first-order chi connectivity index (χ1) is 13.7. The van der Waals surface area contributed by atoms with E-state index in [1.807, 2.05) is 24.3 Å². The van der Waals surface area contributed by atoms with Gasteiger partial charge < -0.3 is 5.32 Å². The maximum atomic E-state index is 13.0. The lowest BCUT2D eigenvalue weighted by atomic mass is 9.99. The van der Waals surface area contributed by atoms with Crippen molar-refractivity contribution in [3.05, 3.63) is 52.7 Å². The van der Waals surface area contributed by atoms with Crippen molar-refractivity contribution >= 4 is 40.6 Å². The van der Waals surface area contributed by atoms with Gasteiger partial charge in [-0.05, 0) is 36.1 Å². The van der Waals surface area contributed by atoms with Gasteiger partial charge >= 0.3 is 6.18 Å². The van der Waals surface area contributed by atoms with Gasteiger partial charge in [-0.15, -0.1) is 10.2 Å². The zero-order valence-electron chi connectivity index (χ0n) is 15.6. The molecular weight excluding hydrogens is 425 g/mol. The van der Waals surface area contributed by atoms with E-state index in [0.717, 1.165) is 34.8 Å². The molecule has 0 radical (unpaired) electrons. The summed E-state index contributed by atoms with van der Waals surface area (Å²) in [5.41, 5.74) is 1.02. The van der Waals surface area contributed by atoms with Crippen molar-refractivity contribution in [1.82, 2.24) is 14.6 Å². The van der Waals surface area contributed by atoms with Gasteiger partial charge in [-0.3, -0.25) is 9.20 Å². The highest BCUT2D eigenvalue weighted by molar-refractivity contribution is 7.99. The minimum Gasteiger partial charge on any atom is -0.325 e. The smallest absolute Gasteiger partial charge is 0.325 e. The number of pyridine rings is 1. The molecule has 0 saturated carbocycles. The van der Waals surface area contributed by atoms with Crippen LogP contribution in [0.4, 0.5) is 18.9 Å². The van der Waals surface area contributed by atoms with Crippen LogP contribution in [0.25, 0.3) is 5.65 Å². The van der Waals surface area contributed by atoms with Crippen molar-refractivity contribution in [3.8, 4) is 0 Å². The second kappa shape index (κ2) is 8.62. The summed E-state index contributed by atoms with van der Waals surface area (Å²) in [6.07, 6.45) is -2.66. The summed E-state index contributed by atoms with van der Waals surface area (Å²) in [6, 6.07) is 8.38. The first-order valence-corrected chi connectivity index (χ1v) is 10.2. The number of nitrogens with one attached hydrogen (secondary N) is 1. The fraction of sp³-hybridized carbons (Fsp3) is 0.316. The van der Waals surface area contributed by atoms with E-state index in [1.54, 1.807) is 0 Å². The van der Waals surface area contributed by atoms with Crippen LogP contribution in [0.5, 0.6) is 0 Å². The molecule has 1 amide bonds. The minimum atomic E-state index is -4.55. The van der Waals surface area contributed by atoms with Crippen LogP contribution in [0, 0.1) is 0 Å². The van der Waals surface area contributed by atoms with E-state index in [4.69, 9.17) is 11.6 Å². The van der Waals surface area contributed by atoms with Crippen LogP contribution in [0.1, 0.15) is 37.3 Å². The van der Waals surface area contributed by atoms with Gasteiger partial charge in [-0.2, -0.15) is 13.2 Å². The van der Waals surface area contributed by atoms with Crippen molar-refractivity contribution in [3.63, 3.8) is 0 Å². The summed E-state index contributed by atoms with van der Waals surface area (Å²) in [4.78, 5) is 12.2. The van der Waals surface area contributed by atoms with E-state index in [9.17, 15) is 18.0 Å². The lowest BCUT2D eigenvalue weighted by Gasteiger charge is -2.10. The molecule has 3 aromatic rings. The summed E-state index contributed by atoms with van der Waals surface area (Å²) in [7, 11) is 0. The molecule has 0 bridgehead atoms. The molecule has 0 aliphatic rings. The van der Waals surface area contributed by atoms with Crippen molar-refractivity contribution < 1.29 is 18.0 Å². The molecule has 1 unspecified atom stereocenters. The van der Waals surface area contributed by atoms with E-state index in [1.165, 1.54) is 5.56 Å². The van der Waals surface area contributed by atoms with E-state index in [2.05, 4.69) is 29.4 Å². The Kier molecular flexibility index (Phi) is 6.38. The van der Waals surface area contributed by atoms with Gasteiger partial charge in [0.2, 0.25) is 5.91 Å². The Morgan fingerprint density at radius 3 is 2.59 bits per heavy atom. The number of aromatic nitrogens is 3.